The molecular weight excluding hydrogens is 538 g/mol. The number of hydrogen-bond donors (Lipinski definition) is 2. The van der Waals surface area contributed by atoms with E-state index in [1.54, 1.807) is 11.8 Å². The van der Waals surface area contributed by atoms with E-state index in [0.717, 1.165) is 36.6 Å². The van der Waals surface area contributed by atoms with Gasteiger partial charge in [-0.05, 0) is 37.9 Å². The molecular formula is C24H32F2N6O4S2. The zero-order valence-corrected chi connectivity index (χ0v) is 22.8. The molecule has 1 amide bonds. The van der Waals surface area contributed by atoms with Gasteiger partial charge in [0, 0.05) is 52.2 Å². The summed E-state index contributed by atoms with van der Waals surface area (Å²) in [5.74, 6) is -2.80. The fourth-order valence-electron chi connectivity index (χ4n) is 4.72. The number of nitrogens with one attached hydrogen (secondary N) is 1. The van der Waals surface area contributed by atoms with Crippen LogP contribution in [0.4, 0.5) is 19.7 Å². The van der Waals surface area contributed by atoms with Crippen molar-refractivity contribution in [3.05, 3.63) is 40.3 Å². The maximum atomic E-state index is 14.0. The number of nitrogen functional groups attached to an aromatic ring is 1. The number of aromatic nitrogens is 1. The number of thiazole rings is 1. The first kappa shape index (κ1) is 28.3. The van der Waals surface area contributed by atoms with Crippen LogP contribution in [0.15, 0.2) is 18.2 Å². The van der Waals surface area contributed by atoms with Crippen molar-refractivity contribution in [2.45, 2.75) is 32.2 Å². The lowest BCUT2D eigenvalue weighted by Gasteiger charge is -2.34. The van der Waals surface area contributed by atoms with Crippen molar-refractivity contribution >= 4 is 44.0 Å². The number of piperidine rings is 1. The van der Waals surface area contributed by atoms with Crippen molar-refractivity contribution < 1.29 is 26.8 Å². The first-order valence-corrected chi connectivity index (χ1v) is 14.9. The summed E-state index contributed by atoms with van der Waals surface area (Å²) in [5.41, 5.74) is 5.19. The van der Waals surface area contributed by atoms with E-state index in [1.807, 2.05) is 0 Å². The molecule has 3 heterocycles. The van der Waals surface area contributed by atoms with Crippen molar-refractivity contribution in [3.63, 3.8) is 0 Å². The number of ketones is 1. The third-order valence-corrected chi connectivity index (χ3v) is 9.88. The fourth-order valence-corrected chi connectivity index (χ4v) is 7.15. The summed E-state index contributed by atoms with van der Waals surface area (Å²) in [6.45, 7) is 5.77. The Kier molecular flexibility index (Phi) is 8.96. The molecule has 38 heavy (non-hydrogen) atoms. The van der Waals surface area contributed by atoms with Crippen LogP contribution in [-0.2, 0) is 14.8 Å². The van der Waals surface area contributed by atoms with Gasteiger partial charge in [-0.2, -0.15) is 0 Å². The summed E-state index contributed by atoms with van der Waals surface area (Å²) in [4.78, 5) is 32.2. The van der Waals surface area contributed by atoms with Crippen molar-refractivity contribution in [1.29, 1.82) is 0 Å². The van der Waals surface area contributed by atoms with E-state index < -0.39 is 33.0 Å². The molecule has 208 valence electrons. The molecule has 2 aromatic rings. The van der Waals surface area contributed by atoms with Crippen LogP contribution >= 0.6 is 11.3 Å². The molecule has 0 atom stereocenters. The van der Waals surface area contributed by atoms with E-state index in [2.05, 4.69) is 15.2 Å². The summed E-state index contributed by atoms with van der Waals surface area (Å²) >= 11 is 0.918. The van der Waals surface area contributed by atoms with Gasteiger partial charge in [-0.3, -0.25) is 14.5 Å². The molecule has 1 aromatic carbocycles. The van der Waals surface area contributed by atoms with E-state index in [1.165, 1.54) is 10.4 Å². The zero-order chi connectivity index (χ0) is 27.4. The smallest absolute Gasteiger partial charge is 0.219 e. The van der Waals surface area contributed by atoms with Crippen LogP contribution in [0.3, 0.4) is 0 Å². The summed E-state index contributed by atoms with van der Waals surface area (Å²) in [5, 5.41) is 3.52. The minimum Gasteiger partial charge on any atom is -0.382 e. The molecule has 0 saturated carbocycles. The molecule has 0 unspecified atom stereocenters. The Labute approximate surface area is 224 Å². The summed E-state index contributed by atoms with van der Waals surface area (Å²) in [7, 11) is -3.39. The van der Waals surface area contributed by atoms with Crippen molar-refractivity contribution in [3.8, 4) is 0 Å². The third kappa shape index (κ3) is 6.65. The van der Waals surface area contributed by atoms with E-state index in [-0.39, 0.29) is 28.4 Å². The van der Waals surface area contributed by atoms with E-state index in [9.17, 15) is 26.8 Å². The van der Waals surface area contributed by atoms with Crippen LogP contribution in [0.2, 0.25) is 0 Å². The van der Waals surface area contributed by atoms with Crippen LogP contribution < -0.4 is 11.1 Å². The zero-order valence-electron chi connectivity index (χ0n) is 21.2. The first-order valence-electron chi connectivity index (χ1n) is 12.5. The Morgan fingerprint density at radius 3 is 2.34 bits per heavy atom. The molecule has 2 aliphatic heterocycles. The van der Waals surface area contributed by atoms with Gasteiger partial charge in [0.25, 0.3) is 0 Å². The minimum atomic E-state index is -3.39. The summed E-state index contributed by atoms with van der Waals surface area (Å²) < 4.78 is 55.3. The second-order valence-corrected chi connectivity index (χ2v) is 12.6. The molecule has 10 nitrogen and oxygen atoms in total. The molecule has 1 aromatic heterocycles. The lowest BCUT2D eigenvalue weighted by atomic mass is 10.1. The van der Waals surface area contributed by atoms with Crippen LogP contribution in [-0.4, -0.2) is 96.8 Å². The Bertz CT molecular complexity index is 1250. The second-order valence-electron chi connectivity index (χ2n) is 9.49. The molecule has 0 radical (unpaired) electrons. The van der Waals surface area contributed by atoms with Gasteiger partial charge in [0.2, 0.25) is 21.7 Å². The number of carbonyl (C=O) groups excluding carboxylic acids is 2. The molecule has 0 spiro atoms. The lowest BCUT2D eigenvalue weighted by molar-refractivity contribution is -0.130. The standard InChI is InChI=1S/C24H32F2N6O4S2/c1-16(33)31-13-11-30(12-14-31)8-3-15-38(35,36)32-9-6-17(7-10-32)28-24-29-23(27)22(37-24)21(34)20-18(25)4-2-5-19(20)26/h2,4-5,17H,3,6-15,27H2,1H3,(H,28,29). The quantitative estimate of drug-likeness (QED) is 0.438. The maximum Gasteiger partial charge on any atom is 0.219 e. The topological polar surface area (TPSA) is 129 Å². The Morgan fingerprint density at radius 2 is 1.74 bits per heavy atom. The van der Waals surface area contributed by atoms with Crippen LogP contribution in [0.1, 0.15) is 41.4 Å². The summed E-state index contributed by atoms with van der Waals surface area (Å²) in [6.07, 6.45) is 1.60. The number of nitrogens with zero attached hydrogens (tertiary/aromatic N) is 4. The van der Waals surface area contributed by atoms with Crippen molar-refractivity contribution in [2.75, 3.05) is 62.6 Å². The monoisotopic (exact) mass is 570 g/mol. The predicted octanol–water partition coefficient (Wildman–Crippen LogP) is 1.99. The SMILES string of the molecule is CC(=O)N1CCN(CCCS(=O)(=O)N2CCC(Nc3nc(N)c(C(=O)c4c(F)cccc4F)s3)CC2)CC1. The average molecular weight is 571 g/mol. The molecule has 14 heteroatoms. The number of hydrogen-bond acceptors (Lipinski definition) is 9. The second kappa shape index (κ2) is 12.0. The number of benzene rings is 1. The van der Waals surface area contributed by atoms with Gasteiger partial charge in [-0.1, -0.05) is 17.4 Å². The predicted molar refractivity (Wildman–Crippen MR) is 142 cm³/mol. The highest BCUT2D eigenvalue weighted by molar-refractivity contribution is 7.89. The number of anilines is 2. The number of piperazine rings is 1. The third-order valence-electron chi connectivity index (χ3n) is 6.92. The van der Waals surface area contributed by atoms with Crippen molar-refractivity contribution in [1.82, 2.24) is 19.1 Å². The number of amides is 1. The molecule has 0 aliphatic carbocycles. The Hall–Kier alpha value is -2.68. The molecule has 3 N–H and O–H groups in total. The van der Waals surface area contributed by atoms with Gasteiger partial charge in [0.05, 0.1) is 11.3 Å². The van der Waals surface area contributed by atoms with Gasteiger partial charge in [-0.25, -0.2) is 26.5 Å². The average Bonchev–Trinajstić information content (AvgIpc) is 3.24. The number of sulfonamides is 1. The number of rotatable bonds is 9. The van der Waals surface area contributed by atoms with Gasteiger partial charge >= 0.3 is 0 Å². The Balaban J connectivity index is 1.25. The Morgan fingerprint density at radius 1 is 1.11 bits per heavy atom. The summed E-state index contributed by atoms with van der Waals surface area (Å²) in [6, 6.07) is 3.10. The number of nitrogens with two attached hydrogens (primary N) is 1. The van der Waals surface area contributed by atoms with Gasteiger partial charge < -0.3 is 16.0 Å². The molecule has 4 rings (SSSR count). The van der Waals surface area contributed by atoms with Crippen molar-refractivity contribution in [2.24, 2.45) is 0 Å². The largest absolute Gasteiger partial charge is 0.382 e. The maximum absolute atomic E-state index is 14.0. The number of carbonyl (C=O) groups is 2. The van der Waals surface area contributed by atoms with E-state index in [0.29, 0.717) is 57.1 Å². The normalized spacial score (nSPS) is 18.0. The fraction of sp³-hybridized carbons (Fsp3) is 0.542. The van der Waals surface area contributed by atoms with E-state index in [4.69, 9.17) is 5.73 Å². The highest BCUT2D eigenvalue weighted by Gasteiger charge is 2.30. The molecule has 2 saturated heterocycles. The molecule has 0 bridgehead atoms. The highest BCUT2D eigenvalue weighted by Crippen LogP contribution is 2.30. The number of halogens is 2. The van der Waals surface area contributed by atoms with Crippen LogP contribution in [0, 0.1) is 11.6 Å². The van der Waals surface area contributed by atoms with E-state index >= 15 is 0 Å². The van der Waals surface area contributed by atoms with Gasteiger partial charge in [-0.15, -0.1) is 0 Å². The minimum absolute atomic E-state index is 0.0563. The van der Waals surface area contributed by atoms with Gasteiger partial charge in [0.1, 0.15) is 22.3 Å². The molecule has 2 fully saturated rings. The van der Waals surface area contributed by atoms with Crippen LogP contribution in [0.5, 0.6) is 0 Å². The highest BCUT2D eigenvalue weighted by atomic mass is 32.2. The lowest BCUT2D eigenvalue weighted by Crippen LogP contribution is -2.48. The van der Waals surface area contributed by atoms with Crippen LogP contribution in [0.25, 0.3) is 0 Å². The van der Waals surface area contributed by atoms with Gasteiger partial charge in [0.15, 0.2) is 5.13 Å². The first-order chi connectivity index (χ1) is 18.0. The molecule has 2 aliphatic rings.